The molecule has 2 aliphatic rings. The van der Waals surface area contributed by atoms with Crippen LogP contribution >= 0.6 is 0 Å². The number of hydrogen-bond acceptors (Lipinski definition) is 4. The molecule has 9 aromatic rings. The first kappa shape index (κ1) is 33.5. The number of nitriles is 1. The van der Waals surface area contributed by atoms with Crippen LogP contribution in [0, 0.1) is 11.3 Å². The monoisotopic (exact) mass is 739 g/mol. The van der Waals surface area contributed by atoms with Crippen LogP contribution in [0.3, 0.4) is 0 Å². The first-order chi connectivity index (χ1) is 28.7. The van der Waals surface area contributed by atoms with Gasteiger partial charge in [0.2, 0.25) is 0 Å². The zero-order chi connectivity index (χ0) is 38.6. The molecule has 0 fully saturated rings. The lowest BCUT2D eigenvalue weighted by molar-refractivity contribution is 0.437. The molecular weight excluding hydrogens is 707 g/mol. The minimum atomic E-state index is -0.591. The van der Waals surface area contributed by atoms with Crippen molar-refractivity contribution < 1.29 is 4.74 Å². The van der Waals surface area contributed by atoms with E-state index < -0.39 is 5.41 Å². The van der Waals surface area contributed by atoms with Crippen LogP contribution in [0.5, 0.6) is 11.5 Å². The lowest BCUT2D eigenvalue weighted by atomic mass is 9.65. The normalized spacial score (nSPS) is 12.7. The Labute approximate surface area is 337 Å². The highest BCUT2D eigenvalue weighted by Crippen LogP contribution is 2.62. The minimum absolute atomic E-state index is 0.591. The van der Waals surface area contributed by atoms with Crippen molar-refractivity contribution in [2.24, 2.45) is 0 Å². The van der Waals surface area contributed by atoms with Gasteiger partial charge in [-0.1, -0.05) is 164 Å². The average Bonchev–Trinajstić information content (AvgIpc) is 3.59. The van der Waals surface area contributed by atoms with Crippen molar-refractivity contribution in [3.05, 3.63) is 228 Å². The Balaban J connectivity index is 1.08. The predicted octanol–water partition coefficient (Wildman–Crippen LogP) is 13.2. The van der Waals surface area contributed by atoms with Crippen molar-refractivity contribution in [3.8, 4) is 84.9 Å². The van der Waals surface area contributed by atoms with E-state index in [1.165, 1.54) is 22.3 Å². The molecule has 1 aliphatic carbocycles. The lowest BCUT2D eigenvalue weighted by Crippen LogP contribution is -2.32. The standard InChI is InChI=1S/C54H33N3O/c55-34-35-13-11-18-38(29-35)40-25-27-47-51(31-40)58-52-32-41(26-28-48(52)54(47)45-23-9-7-21-43(45)44-22-8-10-24-46(44)54)39-19-12-20-42(30-39)50-33-49(36-14-3-1-4-15-36)56-53(57-50)37-16-5-2-6-17-37/h1-33H. The number of rotatable bonds is 5. The third-order valence-corrected chi connectivity index (χ3v) is 11.6. The van der Waals surface area contributed by atoms with Crippen molar-refractivity contribution in [1.82, 2.24) is 9.97 Å². The average molecular weight is 740 g/mol. The zero-order valence-electron chi connectivity index (χ0n) is 31.3. The smallest absolute Gasteiger partial charge is 0.160 e. The first-order valence-electron chi connectivity index (χ1n) is 19.4. The molecule has 0 saturated heterocycles. The summed E-state index contributed by atoms with van der Waals surface area (Å²) in [4.78, 5) is 10.1. The summed E-state index contributed by atoms with van der Waals surface area (Å²) in [6.45, 7) is 0. The second-order valence-electron chi connectivity index (χ2n) is 14.8. The molecule has 1 spiro atoms. The molecule has 1 aromatic heterocycles. The molecular formula is C54H33N3O. The molecule has 0 atom stereocenters. The van der Waals surface area contributed by atoms with Crippen molar-refractivity contribution in [2.75, 3.05) is 0 Å². The Hall–Kier alpha value is -7.87. The first-order valence-corrected chi connectivity index (χ1v) is 19.4. The number of hydrogen-bond donors (Lipinski definition) is 0. The fraction of sp³-hybridized carbons (Fsp3) is 0.0185. The third kappa shape index (κ3) is 5.29. The SMILES string of the molecule is N#Cc1cccc(-c2ccc3c(c2)Oc2cc(-c4cccc(-c5cc(-c6ccccc6)nc(-c6ccccc6)n5)c4)ccc2C32c3ccccc3-c3ccccc32)c1. The van der Waals surface area contributed by atoms with Crippen LogP contribution in [0.4, 0.5) is 0 Å². The van der Waals surface area contributed by atoms with Gasteiger partial charge >= 0.3 is 0 Å². The van der Waals surface area contributed by atoms with E-state index in [2.05, 4.69) is 146 Å². The van der Waals surface area contributed by atoms with E-state index in [-0.39, 0.29) is 0 Å². The molecule has 270 valence electrons. The summed E-state index contributed by atoms with van der Waals surface area (Å²) in [5.41, 5.74) is 16.0. The number of nitrogens with zero attached hydrogens (tertiary/aromatic N) is 3. The van der Waals surface area contributed by atoms with Crippen molar-refractivity contribution >= 4 is 0 Å². The van der Waals surface area contributed by atoms with Gasteiger partial charge in [0.05, 0.1) is 28.4 Å². The second kappa shape index (κ2) is 13.4. The van der Waals surface area contributed by atoms with Gasteiger partial charge in [-0.15, -0.1) is 0 Å². The fourth-order valence-electron chi connectivity index (χ4n) is 8.97. The van der Waals surface area contributed by atoms with E-state index in [1.807, 2.05) is 60.7 Å². The summed E-state index contributed by atoms with van der Waals surface area (Å²) < 4.78 is 7.03. The summed E-state index contributed by atoms with van der Waals surface area (Å²) in [6.07, 6.45) is 0. The molecule has 0 radical (unpaired) electrons. The van der Waals surface area contributed by atoms with Gasteiger partial charge in [0.15, 0.2) is 5.82 Å². The molecule has 2 heterocycles. The van der Waals surface area contributed by atoms with Crippen LogP contribution in [0.25, 0.3) is 67.3 Å². The molecule has 0 amide bonds. The van der Waals surface area contributed by atoms with Gasteiger partial charge in [0, 0.05) is 27.8 Å². The summed E-state index contributed by atoms with van der Waals surface area (Å²) >= 11 is 0. The van der Waals surface area contributed by atoms with E-state index in [9.17, 15) is 5.26 Å². The molecule has 0 N–H and O–H groups in total. The number of fused-ring (bicyclic) bond motifs is 9. The molecule has 0 unspecified atom stereocenters. The topological polar surface area (TPSA) is 58.8 Å². The quantitative estimate of drug-likeness (QED) is 0.176. The lowest BCUT2D eigenvalue weighted by Gasteiger charge is -2.39. The summed E-state index contributed by atoms with van der Waals surface area (Å²) in [5.74, 6) is 2.29. The maximum atomic E-state index is 9.68. The number of ether oxygens (including phenoxy) is 1. The summed E-state index contributed by atoms with van der Waals surface area (Å²) in [7, 11) is 0. The van der Waals surface area contributed by atoms with Crippen LogP contribution in [-0.2, 0) is 5.41 Å². The molecule has 8 aromatic carbocycles. The molecule has 58 heavy (non-hydrogen) atoms. The molecule has 0 saturated carbocycles. The highest BCUT2D eigenvalue weighted by Gasteiger charge is 2.51. The second-order valence-corrected chi connectivity index (χ2v) is 14.8. The highest BCUT2D eigenvalue weighted by atomic mass is 16.5. The highest BCUT2D eigenvalue weighted by molar-refractivity contribution is 5.90. The minimum Gasteiger partial charge on any atom is -0.457 e. The van der Waals surface area contributed by atoms with Gasteiger partial charge in [-0.2, -0.15) is 5.26 Å². The molecule has 1 aliphatic heterocycles. The third-order valence-electron chi connectivity index (χ3n) is 11.6. The van der Waals surface area contributed by atoms with Gasteiger partial charge < -0.3 is 4.74 Å². The summed E-state index contributed by atoms with van der Waals surface area (Å²) in [6, 6.07) is 71.8. The van der Waals surface area contributed by atoms with Gasteiger partial charge in [0.25, 0.3) is 0 Å². The Kier molecular flexibility index (Phi) is 7.74. The largest absolute Gasteiger partial charge is 0.457 e. The number of aromatic nitrogens is 2. The van der Waals surface area contributed by atoms with Gasteiger partial charge in [0.1, 0.15) is 11.5 Å². The van der Waals surface area contributed by atoms with E-state index in [0.29, 0.717) is 11.4 Å². The van der Waals surface area contributed by atoms with Crippen LogP contribution < -0.4 is 4.74 Å². The molecule has 0 bridgehead atoms. The van der Waals surface area contributed by atoms with Crippen LogP contribution in [0.2, 0.25) is 0 Å². The maximum absolute atomic E-state index is 9.68. The van der Waals surface area contributed by atoms with Gasteiger partial charge in [-0.3, -0.25) is 0 Å². The van der Waals surface area contributed by atoms with Crippen LogP contribution in [0.1, 0.15) is 27.8 Å². The predicted molar refractivity (Wildman–Crippen MR) is 231 cm³/mol. The maximum Gasteiger partial charge on any atom is 0.160 e. The van der Waals surface area contributed by atoms with Crippen molar-refractivity contribution in [3.63, 3.8) is 0 Å². The Morgan fingerprint density at radius 3 is 1.48 bits per heavy atom. The Bertz CT molecular complexity index is 3010. The van der Waals surface area contributed by atoms with Crippen LogP contribution in [-0.4, -0.2) is 9.97 Å². The zero-order valence-corrected chi connectivity index (χ0v) is 31.3. The Morgan fingerprint density at radius 1 is 0.379 bits per heavy atom. The Morgan fingerprint density at radius 2 is 0.862 bits per heavy atom. The van der Waals surface area contributed by atoms with E-state index in [1.54, 1.807) is 0 Å². The van der Waals surface area contributed by atoms with Crippen molar-refractivity contribution in [1.29, 1.82) is 5.26 Å². The van der Waals surface area contributed by atoms with Crippen LogP contribution in [0.15, 0.2) is 200 Å². The van der Waals surface area contributed by atoms with Gasteiger partial charge in [-0.25, -0.2) is 9.97 Å². The van der Waals surface area contributed by atoms with Gasteiger partial charge in [-0.05, 0) is 80.9 Å². The fourth-order valence-corrected chi connectivity index (χ4v) is 8.97. The molecule has 11 rings (SSSR count). The molecule has 4 heteroatoms. The summed E-state index contributed by atoms with van der Waals surface area (Å²) in [5, 5.41) is 9.68. The molecule has 4 nitrogen and oxygen atoms in total. The van der Waals surface area contributed by atoms with E-state index in [0.717, 1.165) is 73.0 Å². The van der Waals surface area contributed by atoms with E-state index >= 15 is 0 Å². The number of benzene rings is 8. The van der Waals surface area contributed by atoms with E-state index in [4.69, 9.17) is 14.7 Å². The van der Waals surface area contributed by atoms with Crippen molar-refractivity contribution in [2.45, 2.75) is 5.41 Å².